The van der Waals surface area contributed by atoms with Gasteiger partial charge >= 0.3 is 6.18 Å². The van der Waals surface area contributed by atoms with Crippen LogP contribution in [0.2, 0.25) is 0 Å². The van der Waals surface area contributed by atoms with Crippen molar-refractivity contribution in [2.75, 3.05) is 32.6 Å². The molecule has 2 rings (SSSR count). The summed E-state index contributed by atoms with van der Waals surface area (Å²) >= 11 is 0. The lowest BCUT2D eigenvalue weighted by atomic mass is 10.1. The number of ether oxygens (including phenoxy) is 2. The molecule has 1 amide bonds. The van der Waals surface area contributed by atoms with Crippen molar-refractivity contribution in [3.8, 4) is 11.5 Å². The zero-order chi connectivity index (χ0) is 20.6. The van der Waals surface area contributed by atoms with Crippen LogP contribution in [0.25, 0.3) is 0 Å². The second-order valence-electron chi connectivity index (χ2n) is 6.03. The van der Waals surface area contributed by atoms with Crippen molar-refractivity contribution in [2.45, 2.75) is 19.0 Å². The number of alkyl halides is 3. The average Bonchev–Trinajstić information content (AvgIpc) is 2.67. The molecule has 0 spiro atoms. The van der Waals surface area contributed by atoms with Crippen molar-refractivity contribution >= 4 is 11.6 Å². The van der Waals surface area contributed by atoms with Crippen LogP contribution in [0.4, 0.5) is 18.9 Å². The monoisotopic (exact) mass is 396 g/mol. The van der Waals surface area contributed by atoms with Crippen molar-refractivity contribution in [1.29, 1.82) is 0 Å². The lowest BCUT2D eigenvalue weighted by Crippen LogP contribution is -2.24. The number of hydrogen-bond acceptors (Lipinski definition) is 4. The van der Waals surface area contributed by atoms with Gasteiger partial charge in [-0.1, -0.05) is 18.2 Å². The quantitative estimate of drug-likeness (QED) is 0.632. The van der Waals surface area contributed by atoms with Gasteiger partial charge in [-0.25, -0.2) is 0 Å². The average molecular weight is 396 g/mol. The summed E-state index contributed by atoms with van der Waals surface area (Å²) in [6.45, 7) is 0.967. The molecule has 0 bridgehead atoms. The molecule has 0 aliphatic carbocycles. The minimum absolute atomic E-state index is 0.0676. The fourth-order valence-electron chi connectivity index (χ4n) is 2.65. The Morgan fingerprint density at radius 3 is 2.39 bits per heavy atom. The highest BCUT2D eigenvalue weighted by molar-refractivity contribution is 5.91. The Hall–Kier alpha value is -2.74. The third-order valence-electron chi connectivity index (χ3n) is 4.07. The number of carbonyl (C=O) groups is 1. The van der Waals surface area contributed by atoms with Gasteiger partial charge in [0.2, 0.25) is 5.91 Å². The van der Waals surface area contributed by atoms with Crippen LogP contribution >= 0.6 is 0 Å². The summed E-state index contributed by atoms with van der Waals surface area (Å²) in [6, 6.07) is 10.5. The summed E-state index contributed by atoms with van der Waals surface area (Å²) in [7, 11) is 3.13. The van der Waals surface area contributed by atoms with E-state index in [1.165, 1.54) is 18.2 Å². The van der Waals surface area contributed by atoms with Crippen molar-refractivity contribution < 1.29 is 27.4 Å². The van der Waals surface area contributed by atoms with Crippen LogP contribution in [-0.2, 0) is 17.4 Å². The molecule has 28 heavy (non-hydrogen) atoms. The number of nitrogens with one attached hydrogen (secondary N) is 2. The van der Waals surface area contributed by atoms with Gasteiger partial charge in [0.1, 0.15) is 0 Å². The first kappa shape index (κ1) is 21.6. The number of methoxy groups -OCH3 is 2. The molecule has 2 aromatic carbocycles. The summed E-state index contributed by atoms with van der Waals surface area (Å²) in [5, 5.41) is 5.43. The summed E-state index contributed by atoms with van der Waals surface area (Å²) < 4.78 is 49.2. The van der Waals surface area contributed by atoms with E-state index in [-0.39, 0.29) is 12.1 Å². The van der Waals surface area contributed by atoms with E-state index in [0.29, 0.717) is 31.0 Å². The molecule has 0 unspecified atom stereocenters. The number of anilines is 1. The first-order valence-corrected chi connectivity index (χ1v) is 8.73. The Balaban J connectivity index is 1.77. The lowest BCUT2D eigenvalue weighted by Gasteiger charge is -2.13. The number of halogens is 3. The molecule has 5 nitrogen and oxygen atoms in total. The minimum Gasteiger partial charge on any atom is -0.493 e. The SMILES string of the molecule is COc1ccc(CCNCCC(=O)Nc2ccccc2C(F)(F)F)cc1OC. The van der Waals surface area contributed by atoms with E-state index in [9.17, 15) is 18.0 Å². The number of rotatable bonds is 9. The largest absolute Gasteiger partial charge is 0.493 e. The van der Waals surface area contributed by atoms with Crippen LogP contribution in [0.5, 0.6) is 11.5 Å². The fourth-order valence-corrected chi connectivity index (χ4v) is 2.65. The topological polar surface area (TPSA) is 59.6 Å². The van der Waals surface area contributed by atoms with Gasteiger partial charge in [-0.15, -0.1) is 0 Å². The number of amides is 1. The van der Waals surface area contributed by atoms with Gasteiger partial charge in [0.05, 0.1) is 25.5 Å². The summed E-state index contributed by atoms with van der Waals surface area (Å²) in [6.07, 6.45) is -3.74. The number of para-hydroxylation sites is 1. The molecule has 0 atom stereocenters. The van der Waals surface area contributed by atoms with Crippen molar-refractivity contribution in [3.63, 3.8) is 0 Å². The highest BCUT2D eigenvalue weighted by Crippen LogP contribution is 2.34. The number of benzene rings is 2. The van der Waals surface area contributed by atoms with Crippen molar-refractivity contribution in [3.05, 3.63) is 53.6 Å². The summed E-state index contributed by atoms with van der Waals surface area (Å²) in [5.74, 6) is 0.813. The van der Waals surface area contributed by atoms with E-state index < -0.39 is 17.6 Å². The molecule has 8 heteroatoms. The molecule has 0 aliphatic rings. The highest BCUT2D eigenvalue weighted by atomic mass is 19.4. The number of hydrogen-bond donors (Lipinski definition) is 2. The molecule has 2 aromatic rings. The molecule has 0 radical (unpaired) electrons. The maximum absolute atomic E-state index is 12.9. The molecule has 0 aromatic heterocycles. The zero-order valence-electron chi connectivity index (χ0n) is 15.7. The van der Waals surface area contributed by atoms with Crippen LogP contribution < -0.4 is 20.1 Å². The minimum atomic E-state index is -4.51. The highest BCUT2D eigenvalue weighted by Gasteiger charge is 2.33. The van der Waals surface area contributed by atoms with Crippen LogP contribution in [-0.4, -0.2) is 33.2 Å². The Kier molecular flexibility index (Phi) is 7.69. The van der Waals surface area contributed by atoms with Gasteiger partial charge < -0.3 is 20.1 Å². The molecule has 0 aliphatic heterocycles. The molecule has 0 fully saturated rings. The van der Waals surface area contributed by atoms with E-state index in [4.69, 9.17) is 9.47 Å². The molecule has 0 saturated carbocycles. The van der Waals surface area contributed by atoms with Crippen LogP contribution in [0, 0.1) is 0 Å². The van der Waals surface area contributed by atoms with E-state index in [1.807, 2.05) is 18.2 Å². The van der Waals surface area contributed by atoms with Crippen LogP contribution in [0.3, 0.4) is 0 Å². The van der Waals surface area contributed by atoms with E-state index in [2.05, 4.69) is 10.6 Å². The second kappa shape index (κ2) is 9.98. The molecular formula is C20H23F3N2O3. The standard InChI is InChI=1S/C20H23F3N2O3/c1-27-17-8-7-14(13-18(17)28-2)9-11-24-12-10-19(26)25-16-6-4-3-5-15(16)20(21,22)23/h3-8,13,24H,9-12H2,1-2H3,(H,25,26). The second-order valence-corrected chi connectivity index (χ2v) is 6.03. The molecular weight excluding hydrogens is 373 g/mol. The van der Waals surface area contributed by atoms with Crippen molar-refractivity contribution in [1.82, 2.24) is 5.32 Å². The van der Waals surface area contributed by atoms with Gasteiger partial charge in [-0.3, -0.25) is 4.79 Å². The summed E-state index contributed by atoms with van der Waals surface area (Å²) in [5.41, 5.74) is -0.0520. The molecule has 2 N–H and O–H groups in total. The van der Waals surface area contributed by atoms with Gasteiger partial charge in [0, 0.05) is 13.0 Å². The van der Waals surface area contributed by atoms with Gasteiger partial charge in [-0.2, -0.15) is 13.2 Å². The lowest BCUT2D eigenvalue weighted by molar-refractivity contribution is -0.137. The Bertz CT molecular complexity index is 795. The van der Waals surface area contributed by atoms with E-state index >= 15 is 0 Å². The van der Waals surface area contributed by atoms with Gasteiger partial charge in [-0.05, 0) is 42.8 Å². The zero-order valence-corrected chi connectivity index (χ0v) is 15.7. The maximum atomic E-state index is 12.9. The van der Waals surface area contributed by atoms with Crippen LogP contribution in [0.1, 0.15) is 17.5 Å². The molecule has 152 valence electrons. The third-order valence-corrected chi connectivity index (χ3v) is 4.07. The van der Waals surface area contributed by atoms with Gasteiger partial charge in [0.15, 0.2) is 11.5 Å². The van der Waals surface area contributed by atoms with E-state index in [1.54, 1.807) is 14.2 Å². The smallest absolute Gasteiger partial charge is 0.418 e. The van der Waals surface area contributed by atoms with Crippen LogP contribution in [0.15, 0.2) is 42.5 Å². The molecule has 0 saturated heterocycles. The predicted molar refractivity (Wildman–Crippen MR) is 101 cm³/mol. The van der Waals surface area contributed by atoms with Crippen molar-refractivity contribution in [2.24, 2.45) is 0 Å². The third kappa shape index (κ3) is 6.16. The first-order chi connectivity index (χ1) is 13.3. The van der Waals surface area contributed by atoms with Gasteiger partial charge in [0.25, 0.3) is 0 Å². The predicted octanol–water partition coefficient (Wildman–Crippen LogP) is 3.88. The Morgan fingerprint density at radius 2 is 1.71 bits per heavy atom. The Morgan fingerprint density at radius 1 is 1.00 bits per heavy atom. The normalized spacial score (nSPS) is 11.2. The number of carbonyl (C=O) groups excluding carboxylic acids is 1. The summed E-state index contributed by atoms with van der Waals surface area (Å²) in [4.78, 5) is 11.9. The fraction of sp³-hybridized carbons (Fsp3) is 0.350. The molecule has 0 heterocycles. The first-order valence-electron chi connectivity index (χ1n) is 8.73. The Labute approximate surface area is 161 Å². The maximum Gasteiger partial charge on any atom is 0.418 e. The van der Waals surface area contributed by atoms with E-state index in [0.717, 1.165) is 11.6 Å².